The van der Waals surface area contributed by atoms with Gasteiger partial charge in [-0.3, -0.25) is 4.90 Å². The fourth-order valence-corrected chi connectivity index (χ4v) is 2.98. The highest BCUT2D eigenvalue weighted by molar-refractivity contribution is 5.86. The second-order valence-corrected chi connectivity index (χ2v) is 7.24. The van der Waals surface area contributed by atoms with Crippen LogP contribution in [0.2, 0.25) is 0 Å². The van der Waals surface area contributed by atoms with E-state index in [-0.39, 0.29) is 6.61 Å². The van der Waals surface area contributed by atoms with Crippen molar-refractivity contribution in [1.29, 1.82) is 0 Å². The van der Waals surface area contributed by atoms with E-state index in [1.807, 2.05) is 30.3 Å². The quantitative estimate of drug-likeness (QED) is 0.764. The molecule has 0 bridgehead atoms. The fourth-order valence-electron chi connectivity index (χ4n) is 2.98. The van der Waals surface area contributed by atoms with Crippen molar-refractivity contribution in [2.45, 2.75) is 51.4 Å². The molecule has 0 aliphatic carbocycles. The van der Waals surface area contributed by atoms with Gasteiger partial charge in [0.05, 0.1) is 20.3 Å². The third kappa shape index (κ3) is 4.72. The van der Waals surface area contributed by atoms with Crippen molar-refractivity contribution in [3.05, 3.63) is 35.9 Å². The van der Waals surface area contributed by atoms with Gasteiger partial charge < -0.3 is 14.2 Å². The van der Waals surface area contributed by atoms with Crippen molar-refractivity contribution in [3.8, 4) is 0 Å². The second kappa shape index (κ2) is 7.87. The molecular formula is C19H27NO5. The summed E-state index contributed by atoms with van der Waals surface area (Å²) in [5, 5.41) is 0. The molecule has 1 heterocycles. The Kier molecular flexibility index (Phi) is 6.06. The highest BCUT2D eigenvalue weighted by atomic mass is 16.6. The number of benzene rings is 1. The maximum atomic E-state index is 12.6. The molecule has 6 nitrogen and oxygen atoms in total. The van der Waals surface area contributed by atoms with E-state index in [1.165, 1.54) is 12.0 Å². The SMILES string of the molecule is COC(=O)C1(COCc2ccccc2)CCCN1C(=O)OC(C)(C)C. The molecule has 0 saturated carbocycles. The summed E-state index contributed by atoms with van der Waals surface area (Å²) in [5.41, 5.74) is -0.762. The van der Waals surface area contributed by atoms with Crippen molar-refractivity contribution in [3.63, 3.8) is 0 Å². The second-order valence-electron chi connectivity index (χ2n) is 7.24. The average molecular weight is 349 g/mol. The Hall–Kier alpha value is -2.08. The first-order valence-electron chi connectivity index (χ1n) is 8.49. The summed E-state index contributed by atoms with van der Waals surface area (Å²) in [6.07, 6.45) is 0.676. The van der Waals surface area contributed by atoms with Crippen LogP contribution >= 0.6 is 0 Å². The van der Waals surface area contributed by atoms with Gasteiger partial charge in [0.25, 0.3) is 0 Å². The van der Waals surface area contributed by atoms with Gasteiger partial charge in [0.1, 0.15) is 5.60 Å². The van der Waals surface area contributed by atoms with Gasteiger partial charge in [-0.2, -0.15) is 0 Å². The van der Waals surface area contributed by atoms with Gasteiger partial charge in [0, 0.05) is 6.54 Å². The Labute approximate surface area is 149 Å². The molecule has 1 unspecified atom stereocenters. The maximum Gasteiger partial charge on any atom is 0.411 e. The van der Waals surface area contributed by atoms with E-state index in [9.17, 15) is 9.59 Å². The number of carbonyl (C=O) groups excluding carboxylic acids is 2. The van der Waals surface area contributed by atoms with Crippen molar-refractivity contribution in [1.82, 2.24) is 4.90 Å². The zero-order chi connectivity index (χ0) is 18.5. The van der Waals surface area contributed by atoms with Gasteiger partial charge in [-0.25, -0.2) is 9.59 Å². The third-order valence-corrected chi connectivity index (χ3v) is 4.12. The predicted molar refractivity (Wildman–Crippen MR) is 93.0 cm³/mol. The molecule has 1 aromatic rings. The number of rotatable bonds is 5. The lowest BCUT2D eigenvalue weighted by Gasteiger charge is -2.36. The molecule has 0 spiro atoms. The van der Waals surface area contributed by atoms with Gasteiger partial charge in [-0.15, -0.1) is 0 Å². The summed E-state index contributed by atoms with van der Waals surface area (Å²) in [4.78, 5) is 26.5. The summed E-state index contributed by atoms with van der Waals surface area (Å²) < 4.78 is 16.2. The van der Waals surface area contributed by atoms with Crippen molar-refractivity contribution in [2.24, 2.45) is 0 Å². The molecule has 1 aromatic carbocycles. The zero-order valence-electron chi connectivity index (χ0n) is 15.4. The van der Waals surface area contributed by atoms with Crippen LogP contribution in [0, 0.1) is 0 Å². The van der Waals surface area contributed by atoms with Crippen LogP contribution in [0.15, 0.2) is 30.3 Å². The Morgan fingerprint density at radius 2 is 1.88 bits per heavy atom. The van der Waals surface area contributed by atoms with Crippen LogP contribution in [0.5, 0.6) is 0 Å². The molecule has 1 aliphatic rings. The Balaban J connectivity index is 2.12. The van der Waals surface area contributed by atoms with Gasteiger partial charge in [-0.1, -0.05) is 30.3 Å². The number of methoxy groups -OCH3 is 1. The number of amides is 1. The molecule has 2 rings (SSSR count). The molecule has 1 fully saturated rings. The lowest BCUT2D eigenvalue weighted by Crippen LogP contribution is -2.57. The predicted octanol–water partition coefficient (Wildman–Crippen LogP) is 3.15. The number of hydrogen-bond acceptors (Lipinski definition) is 5. The van der Waals surface area contributed by atoms with Crippen LogP contribution in [-0.4, -0.2) is 48.4 Å². The normalized spacial score (nSPS) is 20.4. The highest BCUT2D eigenvalue weighted by Gasteiger charge is 2.52. The molecule has 138 valence electrons. The number of likely N-dealkylation sites (tertiary alicyclic amines) is 1. The third-order valence-electron chi connectivity index (χ3n) is 4.12. The number of ether oxygens (including phenoxy) is 3. The monoisotopic (exact) mass is 349 g/mol. The Morgan fingerprint density at radius 3 is 2.48 bits per heavy atom. The Bertz CT molecular complexity index is 596. The van der Waals surface area contributed by atoms with Crippen LogP contribution < -0.4 is 0 Å². The number of hydrogen-bond donors (Lipinski definition) is 0. The van der Waals surface area contributed by atoms with E-state index in [0.29, 0.717) is 26.0 Å². The minimum Gasteiger partial charge on any atom is -0.467 e. The van der Waals surface area contributed by atoms with E-state index in [4.69, 9.17) is 14.2 Å². The summed E-state index contributed by atoms with van der Waals surface area (Å²) >= 11 is 0. The van der Waals surface area contributed by atoms with E-state index < -0.39 is 23.2 Å². The molecule has 0 radical (unpaired) electrons. The smallest absolute Gasteiger partial charge is 0.411 e. The van der Waals surface area contributed by atoms with Crippen molar-refractivity contribution < 1.29 is 23.8 Å². The molecule has 0 N–H and O–H groups in total. The molecule has 1 amide bonds. The number of carbonyl (C=O) groups is 2. The molecule has 25 heavy (non-hydrogen) atoms. The van der Waals surface area contributed by atoms with Crippen LogP contribution in [0.25, 0.3) is 0 Å². The van der Waals surface area contributed by atoms with Gasteiger partial charge in [0.2, 0.25) is 0 Å². The topological polar surface area (TPSA) is 65.1 Å². The molecule has 1 atom stereocenters. The Morgan fingerprint density at radius 1 is 1.20 bits per heavy atom. The number of esters is 1. The lowest BCUT2D eigenvalue weighted by atomic mass is 9.97. The van der Waals surface area contributed by atoms with Crippen LogP contribution in [0.4, 0.5) is 4.79 Å². The van der Waals surface area contributed by atoms with Gasteiger partial charge in [-0.05, 0) is 39.2 Å². The summed E-state index contributed by atoms with van der Waals surface area (Å²) in [6.45, 7) is 6.28. The molecule has 1 aliphatic heterocycles. The zero-order valence-corrected chi connectivity index (χ0v) is 15.4. The first kappa shape index (κ1) is 19.2. The van der Waals surface area contributed by atoms with Crippen molar-refractivity contribution in [2.75, 3.05) is 20.3 Å². The molecule has 1 saturated heterocycles. The average Bonchev–Trinajstić information content (AvgIpc) is 2.99. The maximum absolute atomic E-state index is 12.6. The highest BCUT2D eigenvalue weighted by Crippen LogP contribution is 2.33. The molecular weight excluding hydrogens is 322 g/mol. The summed E-state index contributed by atoms with van der Waals surface area (Å²) in [6, 6.07) is 9.69. The molecule has 6 heteroatoms. The van der Waals surface area contributed by atoms with E-state index in [2.05, 4.69) is 0 Å². The van der Waals surface area contributed by atoms with Gasteiger partial charge in [0.15, 0.2) is 5.54 Å². The van der Waals surface area contributed by atoms with E-state index >= 15 is 0 Å². The van der Waals surface area contributed by atoms with Gasteiger partial charge >= 0.3 is 12.1 Å². The minimum atomic E-state index is -1.13. The van der Waals surface area contributed by atoms with Crippen molar-refractivity contribution >= 4 is 12.1 Å². The summed E-state index contributed by atoms with van der Waals surface area (Å²) in [7, 11) is 1.33. The lowest BCUT2D eigenvalue weighted by molar-refractivity contribution is -0.157. The van der Waals surface area contributed by atoms with E-state index in [1.54, 1.807) is 20.8 Å². The van der Waals surface area contributed by atoms with Crippen LogP contribution in [-0.2, 0) is 25.6 Å². The number of nitrogens with zero attached hydrogens (tertiary/aromatic N) is 1. The first-order valence-corrected chi connectivity index (χ1v) is 8.49. The largest absolute Gasteiger partial charge is 0.467 e. The standard InChI is InChI=1S/C19H27NO5/c1-18(2,3)25-17(22)20-12-8-11-19(20,16(21)23-4)14-24-13-15-9-6-5-7-10-15/h5-7,9-10H,8,11-14H2,1-4H3. The minimum absolute atomic E-state index is 0.0772. The van der Waals surface area contributed by atoms with E-state index in [0.717, 1.165) is 5.56 Å². The summed E-state index contributed by atoms with van der Waals surface area (Å²) in [5.74, 6) is -0.469. The first-order chi connectivity index (χ1) is 11.8. The molecule has 0 aromatic heterocycles. The van der Waals surface area contributed by atoms with Crippen LogP contribution in [0.3, 0.4) is 0 Å². The fraction of sp³-hybridized carbons (Fsp3) is 0.579. The van der Waals surface area contributed by atoms with Crippen LogP contribution in [0.1, 0.15) is 39.2 Å².